The molecule has 0 saturated heterocycles. The highest BCUT2D eigenvalue weighted by Gasteiger charge is 2.08. The maximum absolute atomic E-state index is 11.7. The molecular formula is C15H15N5O2. The summed E-state index contributed by atoms with van der Waals surface area (Å²) >= 11 is 0. The van der Waals surface area contributed by atoms with Crippen LogP contribution in [0, 0.1) is 11.3 Å². The second kappa shape index (κ2) is 7.15. The Hall–Kier alpha value is -2.98. The second-order valence-corrected chi connectivity index (χ2v) is 4.64. The number of carbonyl (C=O) groups is 1. The van der Waals surface area contributed by atoms with E-state index in [1.165, 1.54) is 12.1 Å². The Bertz CT molecular complexity index is 677. The molecule has 0 saturated carbocycles. The number of amides is 1. The molecule has 0 aliphatic heterocycles. The van der Waals surface area contributed by atoms with Gasteiger partial charge in [-0.15, -0.1) is 10.2 Å². The van der Waals surface area contributed by atoms with Crippen LogP contribution in [-0.4, -0.2) is 22.8 Å². The molecule has 1 aromatic heterocycles. The topological polar surface area (TPSA) is 114 Å². The first-order valence-corrected chi connectivity index (χ1v) is 6.65. The number of hydrogen-bond donors (Lipinski definition) is 2. The monoisotopic (exact) mass is 297 g/mol. The van der Waals surface area contributed by atoms with Gasteiger partial charge < -0.3 is 10.5 Å². The van der Waals surface area contributed by atoms with Crippen LogP contribution in [0.4, 0.5) is 10.5 Å². The third-order valence-corrected chi connectivity index (χ3v) is 3.03. The van der Waals surface area contributed by atoms with E-state index in [2.05, 4.69) is 15.5 Å². The van der Waals surface area contributed by atoms with E-state index in [0.29, 0.717) is 12.2 Å². The van der Waals surface area contributed by atoms with E-state index in [1.807, 2.05) is 25.1 Å². The lowest BCUT2D eigenvalue weighted by atomic mass is 10.0. The van der Waals surface area contributed by atoms with Gasteiger partial charge in [-0.05, 0) is 36.2 Å². The van der Waals surface area contributed by atoms with E-state index in [9.17, 15) is 4.79 Å². The van der Waals surface area contributed by atoms with Crippen molar-refractivity contribution in [2.75, 3.05) is 11.9 Å². The number of nitrogens with one attached hydrogen (secondary N) is 1. The molecule has 1 atom stereocenters. The lowest BCUT2D eigenvalue weighted by Gasteiger charge is -2.10. The van der Waals surface area contributed by atoms with E-state index in [4.69, 9.17) is 15.7 Å². The molecule has 0 fully saturated rings. The Morgan fingerprint density at radius 1 is 1.32 bits per heavy atom. The van der Waals surface area contributed by atoms with Gasteiger partial charge in [0, 0.05) is 11.8 Å². The summed E-state index contributed by atoms with van der Waals surface area (Å²) in [5.74, 6) is 0.278. The van der Waals surface area contributed by atoms with Crippen molar-refractivity contribution in [3.05, 3.63) is 47.7 Å². The zero-order valence-corrected chi connectivity index (χ0v) is 12.0. The minimum Gasteiger partial charge on any atom is -0.389 e. The molecule has 0 spiro atoms. The maximum Gasteiger partial charge on any atom is 0.418 e. The molecule has 1 amide bonds. The average Bonchev–Trinajstić information content (AvgIpc) is 2.55. The van der Waals surface area contributed by atoms with Crippen LogP contribution in [-0.2, 0) is 0 Å². The number of aromatic nitrogens is 2. The first-order chi connectivity index (χ1) is 10.6. The Balaban J connectivity index is 1.95. The van der Waals surface area contributed by atoms with Gasteiger partial charge in [0.15, 0.2) is 5.69 Å². The van der Waals surface area contributed by atoms with Crippen LogP contribution in [0.15, 0.2) is 36.4 Å². The summed E-state index contributed by atoms with van der Waals surface area (Å²) in [6, 6.07) is 12.0. The van der Waals surface area contributed by atoms with Crippen molar-refractivity contribution in [1.82, 2.24) is 10.2 Å². The molecule has 3 N–H and O–H groups in total. The summed E-state index contributed by atoms with van der Waals surface area (Å²) in [6.45, 7) is 2.59. The van der Waals surface area contributed by atoms with Gasteiger partial charge in [-0.1, -0.05) is 19.1 Å². The third-order valence-electron chi connectivity index (χ3n) is 3.03. The number of rotatable bonds is 4. The van der Waals surface area contributed by atoms with Crippen molar-refractivity contribution in [3.63, 3.8) is 0 Å². The number of nitrogens with two attached hydrogens (primary N) is 1. The first-order valence-electron chi connectivity index (χ1n) is 6.65. The number of carbonyl (C=O) groups excluding carboxylic acids is 1. The van der Waals surface area contributed by atoms with Crippen molar-refractivity contribution in [1.29, 1.82) is 5.26 Å². The molecule has 0 aliphatic carbocycles. The SMILES string of the molecule is CC(CN)c1ccc(NC(=O)Oc2ccc(C#N)nn2)cc1. The lowest BCUT2D eigenvalue weighted by Crippen LogP contribution is -2.17. The van der Waals surface area contributed by atoms with Gasteiger partial charge in [-0.2, -0.15) is 5.26 Å². The zero-order chi connectivity index (χ0) is 15.9. The van der Waals surface area contributed by atoms with Gasteiger partial charge in [0.1, 0.15) is 6.07 Å². The fraction of sp³-hybridized carbons (Fsp3) is 0.200. The number of ether oxygens (including phenoxy) is 1. The Morgan fingerprint density at radius 2 is 2.05 bits per heavy atom. The van der Waals surface area contributed by atoms with Gasteiger partial charge >= 0.3 is 6.09 Å². The normalized spacial score (nSPS) is 11.3. The smallest absolute Gasteiger partial charge is 0.389 e. The molecule has 1 unspecified atom stereocenters. The van der Waals surface area contributed by atoms with Crippen molar-refractivity contribution in [3.8, 4) is 11.9 Å². The van der Waals surface area contributed by atoms with E-state index in [-0.39, 0.29) is 17.5 Å². The highest BCUT2D eigenvalue weighted by Crippen LogP contribution is 2.17. The summed E-state index contributed by atoms with van der Waals surface area (Å²) in [6.07, 6.45) is -0.682. The van der Waals surface area contributed by atoms with Gasteiger partial charge in [-0.3, -0.25) is 5.32 Å². The zero-order valence-electron chi connectivity index (χ0n) is 12.0. The van der Waals surface area contributed by atoms with Crippen molar-refractivity contribution in [2.24, 2.45) is 5.73 Å². The minimum atomic E-state index is -0.682. The summed E-state index contributed by atoms with van der Waals surface area (Å²) < 4.78 is 4.96. The Kier molecular flexibility index (Phi) is 5.01. The maximum atomic E-state index is 11.7. The van der Waals surface area contributed by atoms with Crippen LogP contribution in [0.2, 0.25) is 0 Å². The largest absolute Gasteiger partial charge is 0.418 e. The van der Waals surface area contributed by atoms with Crippen LogP contribution < -0.4 is 15.8 Å². The van der Waals surface area contributed by atoms with Crippen LogP contribution in [0.5, 0.6) is 5.88 Å². The molecule has 7 heteroatoms. The number of anilines is 1. The molecule has 0 aliphatic rings. The van der Waals surface area contributed by atoms with E-state index >= 15 is 0 Å². The molecule has 2 rings (SSSR count). The summed E-state index contributed by atoms with van der Waals surface area (Å²) in [5, 5.41) is 18.4. The number of nitriles is 1. The molecular weight excluding hydrogens is 282 g/mol. The van der Waals surface area contributed by atoms with Gasteiger partial charge in [0.05, 0.1) is 0 Å². The molecule has 0 radical (unpaired) electrons. The van der Waals surface area contributed by atoms with Gasteiger partial charge in [-0.25, -0.2) is 4.79 Å². The minimum absolute atomic E-state index is 0.0184. The Morgan fingerprint density at radius 3 is 2.59 bits per heavy atom. The van der Waals surface area contributed by atoms with Crippen LogP contribution in [0.25, 0.3) is 0 Å². The third kappa shape index (κ3) is 4.01. The van der Waals surface area contributed by atoms with Gasteiger partial charge in [0.25, 0.3) is 0 Å². The average molecular weight is 297 g/mol. The van der Waals surface area contributed by atoms with Gasteiger partial charge in [0.2, 0.25) is 5.88 Å². The van der Waals surface area contributed by atoms with Crippen molar-refractivity contribution >= 4 is 11.8 Å². The molecule has 1 aromatic carbocycles. The van der Waals surface area contributed by atoms with Crippen LogP contribution in [0.3, 0.4) is 0 Å². The second-order valence-electron chi connectivity index (χ2n) is 4.64. The summed E-state index contributed by atoms with van der Waals surface area (Å²) in [7, 11) is 0. The highest BCUT2D eigenvalue weighted by molar-refractivity contribution is 5.86. The van der Waals surface area contributed by atoms with E-state index in [1.54, 1.807) is 12.1 Å². The quantitative estimate of drug-likeness (QED) is 0.892. The first kappa shape index (κ1) is 15.4. The molecule has 112 valence electrons. The number of nitrogens with zero attached hydrogens (tertiary/aromatic N) is 3. The predicted octanol–water partition coefficient (Wildman–Crippen LogP) is 2.02. The standard InChI is InChI=1S/C15H15N5O2/c1-10(8-16)11-2-4-12(5-3-11)18-15(21)22-14-7-6-13(9-17)19-20-14/h2-7,10H,8,16H2,1H3,(H,18,21). The summed E-state index contributed by atoms with van der Waals surface area (Å²) in [5.41, 5.74) is 7.45. The van der Waals surface area contributed by atoms with Crippen LogP contribution in [0.1, 0.15) is 24.1 Å². The molecule has 1 heterocycles. The molecule has 0 bridgehead atoms. The highest BCUT2D eigenvalue weighted by atomic mass is 16.6. The fourth-order valence-electron chi connectivity index (χ4n) is 1.70. The summed E-state index contributed by atoms with van der Waals surface area (Å²) in [4.78, 5) is 11.7. The number of benzene rings is 1. The van der Waals surface area contributed by atoms with E-state index < -0.39 is 6.09 Å². The molecule has 22 heavy (non-hydrogen) atoms. The predicted molar refractivity (Wildman–Crippen MR) is 80.3 cm³/mol. The van der Waals surface area contributed by atoms with Crippen LogP contribution >= 0.6 is 0 Å². The van der Waals surface area contributed by atoms with Crippen molar-refractivity contribution < 1.29 is 9.53 Å². The van der Waals surface area contributed by atoms with E-state index in [0.717, 1.165) is 5.56 Å². The number of hydrogen-bond acceptors (Lipinski definition) is 6. The van der Waals surface area contributed by atoms with Crippen molar-refractivity contribution in [2.45, 2.75) is 12.8 Å². The lowest BCUT2D eigenvalue weighted by molar-refractivity contribution is 0.213. The Labute approximate surface area is 127 Å². The fourth-order valence-corrected chi connectivity index (χ4v) is 1.70. The molecule has 2 aromatic rings. The molecule has 7 nitrogen and oxygen atoms in total.